The topological polar surface area (TPSA) is 98.5 Å². The Morgan fingerprint density at radius 3 is 2.46 bits per heavy atom. The zero-order valence-electron chi connectivity index (χ0n) is 14.4. The van der Waals surface area contributed by atoms with Gasteiger partial charge in [0.05, 0.1) is 4.92 Å². The standard InChI is InChI=1S/C19H20N2O5/c1-14(11-12-15-7-3-2-4-8-15)20-18(22)13-26-19(23)16-9-5-6-10-17(16)21(24)25/h2-10,14H,11-13H2,1H3,(H,20,22)/t14-/m0/s1. The molecule has 0 heterocycles. The van der Waals surface area contributed by atoms with Crippen LogP contribution in [-0.4, -0.2) is 29.4 Å². The first-order chi connectivity index (χ1) is 12.5. The summed E-state index contributed by atoms with van der Waals surface area (Å²) in [6, 6.07) is 15.3. The van der Waals surface area contributed by atoms with Crippen molar-refractivity contribution in [2.75, 3.05) is 6.61 Å². The summed E-state index contributed by atoms with van der Waals surface area (Å²) in [5, 5.41) is 13.7. The van der Waals surface area contributed by atoms with Crippen molar-refractivity contribution in [3.05, 3.63) is 75.8 Å². The maximum atomic E-state index is 12.0. The summed E-state index contributed by atoms with van der Waals surface area (Å²) in [5.41, 5.74) is 0.646. The van der Waals surface area contributed by atoms with Crippen molar-refractivity contribution in [2.45, 2.75) is 25.8 Å². The van der Waals surface area contributed by atoms with Crippen LogP contribution in [0.3, 0.4) is 0 Å². The van der Waals surface area contributed by atoms with Crippen LogP contribution in [-0.2, 0) is 16.0 Å². The molecule has 7 nitrogen and oxygen atoms in total. The zero-order chi connectivity index (χ0) is 18.9. The fourth-order valence-electron chi connectivity index (χ4n) is 2.43. The molecule has 2 rings (SSSR count). The van der Waals surface area contributed by atoms with Crippen LogP contribution < -0.4 is 5.32 Å². The van der Waals surface area contributed by atoms with Gasteiger partial charge in [-0.3, -0.25) is 14.9 Å². The first-order valence-electron chi connectivity index (χ1n) is 8.21. The van der Waals surface area contributed by atoms with Crippen molar-refractivity contribution in [3.63, 3.8) is 0 Å². The molecule has 1 N–H and O–H groups in total. The molecule has 136 valence electrons. The minimum absolute atomic E-state index is 0.0903. The zero-order valence-corrected chi connectivity index (χ0v) is 14.4. The lowest BCUT2D eigenvalue weighted by atomic mass is 10.1. The fourth-order valence-corrected chi connectivity index (χ4v) is 2.43. The number of benzene rings is 2. The molecule has 0 saturated carbocycles. The van der Waals surface area contributed by atoms with Gasteiger partial charge in [-0.15, -0.1) is 0 Å². The summed E-state index contributed by atoms with van der Waals surface area (Å²) >= 11 is 0. The van der Waals surface area contributed by atoms with E-state index >= 15 is 0 Å². The van der Waals surface area contributed by atoms with Gasteiger partial charge in [0.2, 0.25) is 0 Å². The van der Waals surface area contributed by atoms with Gasteiger partial charge >= 0.3 is 5.97 Å². The molecular weight excluding hydrogens is 336 g/mol. The number of aryl methyl sites for hydroxylation is 1. The number of nitro groups is 1. The van der Waals surface area contributed by atoms with E-state index in [9.17, 15) is 19.7 Å². The molecular formula is C19H20N2O5. The van der Waals surface area contributed by atoms with Gasteiger partial charge in [-0.1, -0.05) is 42.5 Å². The van der Waals surface area contributed by atoms with Crippen LogP contribution in [0.15, 0.2) is 54.6 Å². The second-order valence-electron chi connectivity index (χ2n) is 5.84. The maximum absolute atomic E-state index is 12.0. The quantitative estimate of drug-likeness (QED) is 0.445. The summed E-state index contributed by atoms with van der Waals surface area (Å²) in [6.45, 7) is 1.38. The second-order valence-corrected chi connectivity index (χ2v) is 5.84. The lowest BCUT2D eigenvalue weighted by molar-refractivity contribution is -0.385. The molecule has 1 atom stereocenters. The number of nitrogens with zero attached hydrogens (tertiary/aromatic N) is 1. The summed E-state index contributed by atoms with van der Waals surface area (Å²) < 4.78 is 4.89. The highest BCUT2D eigenvalue weighted by molar-refractivity contribution is 5.95. The fraction of sp³-hybridized carbons (Fsp3) is 0.263. The van der Waals surface area contributed by atoms with E-state index in [1.165, 1.54) is 29.8 Å². The molecule has 0 radical (unpaired) electrons. The van der Waals surface area contributed by atoms with Gasteiger partial charge in [0.25, 0.3) is 11.6 Å². The minimum Gasteiger partial charge on any atom is -0.452 e. The van der Waals surface area contributed by atoms with Crippen LogP contribution >= 0.6 is 0 Å². The molecule has 2 aromatic rings. The molecule has 0 aliphatic carbocycles. The van der Waals surface area contributed by atoms with Crippen molar-refractivity contribution in [3.8, 4) is 0 Å². The van der Waals surface area contributed by atoms with E-state index < -0.39 is 23.4 Å². The number of nitrogens with one attached hydrogen (secondary N) is 1. The number of para-hydroxylation sites is 1. The first-order valence-corrected chi connectivity index (χ1v) is 8.21. The molecule has 0 bridgehead atoms. The van der Waals surface area contributed by atoms with E-state index in [1.54, 1.807) is 0 Å². The summed E-state index contributed by atoms with van der Waals surface area (Å²) in [6.07, 6.45) is 1.56. The van der Waals surface area contributed by atoms with Gasteiger partial charge in [0, 0.05) is 12.1 Å². The molecule has 0 spiro atoms. The van der Waals surface area contributed by atoms with E-state index in [0.717, 1.165) is 12.8 Å². The van der Waals surface area contributed by atoms with Crippen LogP contribution in [0, 0.1) is 10.1 Å². The van der Waals surface area contributed by atoms with Crippen molar-refractivity contribution in [1.82, 2.24) is 5.32 Å². The predicted molar refractivity (Wildman–Crippen MR) is 95.7 cm³/mol. The Bertz CT molecular complexity index is 777. The lowest BCUT2D eigenvalue weighted by Crippen LogP contribution is -2.36. The Labute approximate surface area is 151 Å². The highest BCUT2D eigenvalue weighted by Gasteiger charge is 2.21. The monoisotopic (exact) mass is 356 g/mol. The normalized spacial score (nSPS) is 11.4. The lowest BCUT2D eigenvalue weighted by Gasteiger charge is -2.14. The Kier molecular flexibility index (Phi) is 6.84. The molecule has 0 aromatic heterocycles. The van der Waals surface area contributed by atoms with Gasteiger partial charge < -0.3 is 10.1 Å². The Balaban J connectivity index is 1.79. The molecule has 0 unspecified atom stereocenters. The van der Waals surface area contributed by atoms with Crippen LogP contribution in [0.4, 0.5) is 5.69 Å². The molecule has 26 heavy (non-hydrogen) atoms. The molecule has 0 aliphatic heterocycles. The van der Waals surface area contributed by atoms with E-state index in [2.05, 4.69) is 5.32 Å². The Morgan fingerprint density at radius 2 is 1.77 bits per heavy atom. The van der Waals surface area contributed by atoms with Gasteiger partial charge in [0.15, 0.2) is 6.61 Å². The average molecular weight is 356 g/mol. The third kappa shape index (κ3) is 5.70. The number of amides is 1. The summed E-state index contributed by atoms with van der Waals surface area (Å²) in [7, 11) is 0. The van der Waals surface area contributed by atoms with Crippen LogP contribution in [0.5, 0.6) is 0 Å². The number of carbonyl (C=O) groups excluding carboxylic acids is 2. The number of ether oxygens (including phenoxy) is 1. The molecule has 0 aliphatic rings. The van der Waals surface area contributed by atoms with Crippen molar-refractivity contribution >= 4 is 17.6 Å². The van der Waals surface area contributed by atoms with Gasteiger partial charge in [-0.2, -0.15) is 0 Å². The number of esters is 1. The number of nitro benzene ring substituents is 1. The minimum atomic E-state index is -0.899. The van der Waals surface area contributed by atoms with Crippen LogP contribution in [0.1, 0.15) is 29.3 Å². The van der Waals surface area contributed by atoms with Crippen molar-refractivity contribution < 1.29 is 19.2 Å². The number of carbonyl (C=O) groups is 2. The van der Waals surface area contributed by atoms with Gasteiger partial charge in [0.1, 0.15) is 5.56 Å². The third-order valence-corrected chi connectivity index (χ3v) is 3.77. The van der Waals surface area contributed by atoms with Gasteiger partial charge in [-0.05, 0) is 31.4 Å². The Morgan fingerprint density at radius 1 is 1.12 bits per heavy atom. The maximum Gasteiger partial charge on any atom is 0.345 e. The average Bonchev–Trinajstić information content (AvgIpc) is 2.65. The van der Waals surface area contributed by atoms with Gasteiger partial charge in [-0.25, -0.2) is 4.79 Å². The summed E-state index contributed by atoms with van der Waals surface area (Å²) in [5.74, 6) is -1.35. The van der Waals surface area contributed by atoms with E-state index in [4.69, 9.17) is 4.74 Å². The van der Waals surface area contributed by atoms with Crippen molar-refractivity contribution in [1.29, 1.82) is 0 Å². The highest BCUT2D eigenvalue weighted by atomic mass is 16.6. The van der Waals surface area contributed by atoms with Crippen molar-refractivity contribution in [2.24, 2.45) is 0 Å². The third-order valence-electron chi connectivity index (χ3n) is 3.77. The Hall–Kier alpha value is -3.22. The molecule has 1 amide bonds. The largest absolute Gasteiger partial charge is 0.452 e. The molecule has 7 heteroatoms. The number of rotatable bonds is 8. The SMILES string of the molecule is C[C@@H](CCc1ccccc1)NC(=O)COC(=O)c1ccccc1[N+](=O)[O-]. The molecule has 2 aromatic carbocycles. The predicted octanol–water partition coefficient (Wildman–Crippen LogP) is 2.89. The van der Waals surface area contributed by atoms with Crippen LogP contribution in [0.2, 0.25) is 0 Å². The van der Waals surface area contributed by atoms with E-state index in [0.29, 0.717) is 0 Å². The van der Waals surface area contributed by atoms with E-state index in [-0.39, 0.29) is 17.3 Å². The second kappa shape index (κ2) is 9.31. The highest BCUT2D eigenvalue weighted by Crippen LogP contribution is 2.18. The smallest absolute Gasteiger partial charge is 0.345 e. The number of hydrogen-bond acceptors (Lipinski definition) is 5. The molecule has 0 fully saturated rings. The van der Waals surface area contributed by atoms with E-state index in [1.807, 2.05) is 37.3 Å². The molecule has 0 saturated heterocycles. The first kappa shape index (κ1) is 19.1. The summed E-state index contributed by atoms with van der Waals surface area (Å²) in [4.78, 5) is 34.1. The number of hydrogen-bond donors (Lipinski definition) is 1. The van der Waals surface area contributed by atoms with Crippen LogP contribution in [0.25, 0.3) is 0 Å².